The first-order chi connectivity index (χ1) is 14.5. The number of rotatable bonds is 4. The number of anilines is 1. The Balaban J connectivity index is 1.38. The van der Waals surface area contributed by atoms with Crippen LogP contribution in [0.4, 0.5) is 14.9 Å². The van der Waals surface area contributed by atoms with Crippen molar-refractivity contribution in [1.29, 1.82) is 0 Å². The zero-order valence-corrected chi connectivity index (χ0v) is 17.5. The Morgan fingerprint density at radius 2 is 2.07 bits per heavy atom. The van der Waals surface area contributed by atoms with E-state index < -0.39 is 0 Å². The summed E-state index contributed by atoms with van der Waals surface area (Å²) in [5.74, 6) is 0.415. The molecule has 2 heterocycles. The fourth-order valence-electron chi connectivity index (χ4n) is 4.92. The quantitative estimate of drug-likeness (QED) is 0.777. The Kier molecular flexibility index (Phi) is 4.93. The Bertz CT molecular complexity index is 1030. The summed E-state index contributed by atoms with van der Waals surface area (Å²) in [5, 5.41) is 1.78. The number of aryl methyl sites for hydroxylation is 1. The first-order valence-electron chi connectivity index (χ1n) is 10.4. The van der Waals surface area contributed by atoms with Crippen LogP contribution in [0.1, 0.15) is 48.5 Å². The largest absolute Gasteiger partial charge is 0.486 e. The third kappa shape index (κ3) is 3.25. The first kappa shape index (κ1) is 19.4. The Labute approximate surface area is 179 Å². The third-order valence-electron chi connectivity index (χ3n) is 6.32. The van der Waals surface area contributed by atoms with Gasteiger partial charge in [0, 0.05) is 31.0 Å². The highest BCUT2D eigenvalue weighted by Gasteiger charge is 2.41. The van der Waals surface area contributed by atoms with E-state index in [-0.39, 0.29) is 34.2 Å². The van der Waals surface area contributed by atoms with Crippen LogP contribution in [0, 0.1) is 5.82 Å². The van der Waals surface area contributed by atoms with Gasteiger partial charge in [0.25, 0.3) is 5.24 Å². The molecule has 7 heteroatoms. The lowest BCUT2D eigenvalue weighted by Crippen LogP contribution is -2.33. The highest BCUT2D eigenvalue weighted by Crippen LogP contribution is 2.44. The van der Waals surface area contributed by atoms with Gasteiger partial charge in [-0.25, -0.2) is 4.39 Å². The number of amides is 2. The van der Waals surface area contributed by atoms with Crippen LogP contribution < -0.4 is 15.0 Å². The molecule has 2 aliphatic heterocycles. The van der Waals surface area contributed by atoms with Crippen LogP contribution >= 0.6 is 11.8 Å². The standard InChI is InChI=1S/C23H23FN2O3S/c1-2-26-11-10-19(17-4-3-5-18(24)20(17)26)29-14-7-9-15-13(12-14)6-8-16(15)21-22(27)25-23(28)30-21/h3-5,7,9,12,16,19,21H,2,6,8,10-11H2,1H3,(H,25,27,28)/t16-,19?,21?/m1/s1. The van der Waals surface area contributed by atoms with E-state index >= 15 is 0 Å². The molecule has 3 aliphatic rings. The lowest BCUT2D eigenvalue weighted by molar-refractivity contribution is -0.119. The van der Waals surface area contributed by atoms with Gasteiger partial charge in [-0.15, -0.1) is 0 Å². The fourth-order valence-corrected chi connectivity index (χ4v) is 5.92. The number of hydrogen-bond donors (Lipinski definition) is 1. The normalized spacial score (nSPS) is 25.1. The molecule has 5 nitrogen and oxygen atoms in total. The second-order valence-electron chi connectivity index (χ2n) is 7.97. The highest BCUT2D eigenvalue weighted by molar-refractivity contribution is 8.15. The molecule has 1 N–H and O–H groups in total. The maximum absolute atomic E-state index is 14.5. The molecule has 2 aromatic rings. The molecule has 1 fully saturated rings. The maximum atomic E-state index is 14.5. The van der Waals surface area contributed by atoms with Crippen molar-refractivity contribution >= 4 is 28.6 Å². The second-order valence-corrected chi connectivity index (χ2v) is 9.09. The minimum Gasteiger partial charge on any atom is -0.486 e. The fraction of sp³-hybridized carbons (Fsp3) is 0.391. The second kappa shape index (κ2) is 7.61. The maximum Gasteiger partial charge on any atom is 0.286 e. The monoisotopic (exact) mass is 426 g/mol. The third-order valence-corrected chi connectivity index (χ3v) is 7.44. The van der Waals surface area contributed by atoms with Crippen LogP contribution in [-0.4, -0.2) is 29.5 Å². The number of fused-ring (bicyclic) bond motifs is 2. The van der Waals surface area contributed by atoms with Gasteiger partial charge in [-0.2, -0.15) is 0 Å². The van der Waals surface area contributed by atoms with Crippen LogP contribution in [-0.2, 0) is 11.2 Å². The van der Waals surface area contributed by atoms with Gasteiger partial charge in [0.05, 0.1) is 5.69 Å². The molecule has 156 valence electrons. The van der Waals surface area contributed by atoms with Gasteiger partial charge >= 0.3 is 0 Å². The predicted octanol–water partition coefficient (Wildman–Crippen LogP) is 4.56. The molecule has 5 rings (SSSR count). The van der Waals surface area contributed by atoms with E-state index in [1.807, 2.05) is 31.2 Å². The number of carbonyl (C=O) groups is 2. The lowest BCUT2D eigenvalue weighted by Gasteiger charge is -2.35. The van der Waals surface area contributed by atoms with Gasteiger partial charge in [0.2, 0.25) is 5.91 Å². The molecule has 1 aliphatic carbocycles. The van der Waals surface area contributed by atoms with Crippen LogP contribution in [0.5, 0.6) is 5.75 Å². The van der Waals surface area contributed by atoms with E-state index in [0.29, 0.717) is 5.69 Å². The number of thioether (sulfide) groups is 1. The van der Waals surface area contributed by atoms with E-state index in [9.17, 15) is 14.0 Å². The van der Waals surface area contributed by atoms with E-state index in [1.165, 1.54) is 6.07 Å². The van der Waals surface area contributed by atoms with Gasteiger partial charge in [-0.3, -0.25) is 14.9 Å². The predicted molar refractivity (Wildman–Crippen MR) is 115 cm³/mol. The topological polar surface area (TPSA) is 58.6 Å². The molecule has 30 heavy (non-hydrogen) atoms. The van der Waals surface area contributed by atoms with Crippen molar-refractivity contribution in [1.82, 2.24) is 5.32 Å². The van der Waals surface area contributed by atoms with Crippen molar-refractivity contribution in [3.63, 3.8) is 0 Å². The van der Waals surface area contributed by atoms with Crippen molar-refractivity contribution in [2.75, 3.05) is 18.0 Å². The number of nitrogens with one attached hydrogen (secondary N) is 1. The molecule has 0 spiro atoms. The molecule has 0 aromatic heterocycles. The van der Waals surface area contributed by atoms with Crippen LogP contribution in [0.2, 0.25) is 0 Å². The van der Waals surface area contributed by atoms with E-state index in [2.05, 4.69) is 10.2 Å². The van der Waals surface area contributed by atoms with Gasteiger partial charge in [-0.05, 0) is 49.1 Å². The van der Waals surface area contributed by atoms with Crippen molar-refractivity contribution in [2.45, 2.75) is 43.5 Å². The number of benzene rings is 2. The number of imide groups is 1. The number of nitrogens with zero attached hydrogens (tertiary/aromatic N) is 1. The summed E-state index contributed by atoms with van der Waals surface area (Å²) < 4.78 is 20.8. The summed E-state index contributed by atoms with van der Waals surface area (Å²) in [6, 6.07) is 11.2. The number of carbonyl (C=O) groups excluding carboxylic acids is 2. The smallest absolute Gasteiger partial charge is 0.286 e. The van der Waals surface area contributed by atoms with Crippen molar-refractivity contribution in [3.8, 4) is 5.75 Å². The summed E-state index contributed by atoms with van der Waals surface area (Å²) in [6.45, 7) is 3.55. The van der Waals surface area contributed by atoms with E-state index in [4.69, 9.17) is 4.74 Å². The molecule has 0 bridgehead atoms. The number of ether oxygens (including phenoxy) is 1. The summed E-state index contributed by atoms with van der Waals surface area (Å²) in [4.78, 5) is 25.7. The summed E-state index contributed by atoms with van der Waals surface area (Å²) in [6.07, 6.45) is 2.31. The van der Waals surface area contributed by atoms with Crippen LogP contribution in [0.3, 0.4) is 0 Å². The Morgan fingerprint density at radius 1 is 1.20 bits per heavy atom. The Hall–Kier alpha value is -2.54. The number of hydrogen-bond acceptors (Lipinski definition) is 5. The summed E-state index contributed by atoms with van der Waals surface area (Å²) in [7, 11) is 0. The van der Waals surface area contributed by atoms with Crippen LogP contribution in [0.15, 0.2) is 36.4 Å². The zero-order chi connectivity index (χ0) is 20.8. The van der Waals surface area contributed by atoms with Gasteiger partial charge in [0.15, 0.2) is 0 Å². The lowest BCUT2D eigenvalue weighted by atomic mass is 9.96. The SMILES string of the molecule is CCN1CCC(Oc2ccc3c(c2)CC[C@H]3C2SC(=O)NC2=O)c2cccc(F)c21. The van der Waals surface area contributed by atoms with Gasteiger partial charge in [0.1, 0.15) is 22.9 Å². The number of halogens is 1. The average molecular weight is 427 g/mol. The molecule has 3 atom stereocenters. The zero-order valence-electron chi connectivity index (χ0n) is 16.7. The minimum atomic E-state index is -0.348. The van der Waals surface area contributed by atoms with Crippen molar-refractivity contribution in [3.05, 3.63) is 58.9 Å². The molecule has 1 saturated heterocycles. The molecule has 2 amide bonds. The molecular weight excluding hydrogens is 403 g/mol. The molecule has 2 unspecified atom stereocenters. The van der Waals surface area contributed by atoms with Crippen molar-refractivity contribution < 1.29 is 18.7 Å². The number of para-hydroxylation sites is 1. The average Bonchev–Trinajstić information content (AvgIpc) is 3.30. The van der Waals surface area contributed by atoms with Gasteiger partial charge in [-0.1, -0.05) is 30.0 Å². The molecule has 2 aromatic carbocycles. The Morgan fingerprint density at radius 3 is 2.83 bits per heavy atom. The van der Waals surface area contributed by atoms with Gasteiger partial charge < -0.3 is 9.64 Å². The minimum absolute atomic E-state index is 0.0492. The van der Waals surface area contributed by atoms with E-state index in [0.717, 1.165) is 66.6 Å². The molecule has 0 saturated carbocycles. The van der Waals surface area contributed by atoms with Crippen molar-refractivity contribution in [2.24, 2.45) is 0 Å². The first-order valence-corrected chi connectivity index (χ1v) is 11.3. The highest BCUT2D eigenvalue weighted by atomic mass is 32.2. The van der Waals surface area contributed by atoms with E-state index in [1.54, 1.807) is 6.07 Å². The summed E-state index contributed by atoms with van der Waals surface area (Å²) >= 11 is 1.09. The molecule has 0 radical (unpaired) electrons. The van der Waals surface area contributed by atoms with Crippen LogP contribution in [0.25, 0.3) is 0 Å². The summed E-state index contributed by atoms with van der Waals surface area (Å²) in [5.41, 5.74) is 3.82. The molecular formula is C23H23FN2O3S.